The van der Waals surface area contributed by atoms with Crippen LogP contribution in [0, 0.1) is 0 Å². The van der Waals surface area contributed by atoms with Gasteiger partial charge in [-0.2, -0.15) is 0 Å². The van der Waals surface area contributed by atoms with Gasteiger partial charge in [-0.25, -0.2) is 19.9 Å². The second kappa shape index (κ2) is 12.8. The van der Waals surface area contributed by atoms with Crippen molar-refractivity contribution in [3.63, 3.8) is 0 Å². The van der Waals surface area contributed by atoms with Crippen molar-refractivity contribution < 1.29 is 0 Å². The molecule has 5 heteroatoms. The Morgan fingerprint density at radius 3 is 1.45 bits per heavy atom. The maximum absolute atomic E-state index is 5.10. The number of rotatable bonds is 6. The number of hydrogen-bond donors (Lipinski definition) is 0. The topological polar surface area (TPSA) is 56.5 Å². The van der Waals surface area contributed by atoms with Crippen LogP contribution in [-0.2, 0) is 0 Å². The molecule has 0 unspecified atom stereocenters. The highest BCUT2D eigenvalue weighted by molar-refractivity contribution is 6.21. The molecule has 5 nitrogen and oxygen atoms in total. The van der Waals surface area contributed by atoms with E-state index >= 15 is 0 Å². The maximum atomic E-state index is 5.10. The highest BCUT2D eigenvalue weighted by atomic mass is 15.1. The lowest BCUT2D eigenvalue weighted by Crippen LogP contribution is -2.02. The van der Waals surface area contributed by atoms with Crippen LogP contribution in [0.25, 0.3) is 94.8 Å². The van der Waals surface area contributed by atoms with E-state index in [-0.39, 0.29) is 0 Å². The first-order valence-electron chi connectivity index (χ1n) is 17.7. The molecule has 0 N–H and O–H groups in total. The Balaban J connectivity index is 1.12. The Hall–Kier alpha value is -7.24. The van der Waals surface area contributed by atoms with E-state index in [9.17, 15) is 0 Å². The molecule has 3 heterocycles. The third kappa shape index (κ3) is 5.52. The minimum atomic E-state index is 0.583. The zero-order valence-corrected chi connectivity index (χ0v) is 28.6. The normalized spacial score (nSPS) is 11.4. The lowest BCUT2D eigenvalue weighted by atomic mass is 10.0. The predicted molar refractivity (Wildman–Crippen MR) is 217 cm³/mol. The molecule has 0 aliphatic rings. The zero-order chi connectivity index (χ0) is 35.1. The summed E-state index contributed by atoms with van der Waals surface area (Å²) >= 11 is 0. The molecule has 0 aliphatic heterocycles. The van der Waals surface area contributed by atoms with Gasteiger partial charge in [0.25, 0.3) is 0 Å². The van der Waals surface area contributed by atoms with E-state index in [0.29, 0.717) is 17.5 Å². The van der Waals surface area contributed by atoms with Crippen LogP contribution in [0.15, 0.2) is 188 Å². The van der Waals surface area contributed by atoms with E-state index in [1.54, 1.807) is 0 Å². The van der Waals surface area contributed by atoms with Gasteiger partial charge in [0, 0.05) is 33.7 Å². The van der Waals surface area contributed by atoms with Crippen LogP contribution in [0.1, 0.15) is 0 Å². The highest BCUT2D eigenvalue weighted by Crippen LogP contribution is 2.37. The Morgan fingerprint density at radius 1 is 0.340 bits per heavy atom. The Labute approximate surface area is 306 Å². The molecule has 248 valence electrons. The van der Waals surface area contributed by atoms with E-state index in [2.05, 4.69) is 168 Å². The van der Waals surface area contributed by atoms with Crippen molar-refractivity contribution in [2.75, 3.05) is 0 Å². The second-order valence-corrected chi connectivity index (χ2v) is 13.1. The first-order chi connectivity index (χ1) is 26.3. The molecule has 10 rings (SSSR count). The van der Waals surface area contributed by atoms with E-state index in [4.69, 9.17) is 19.9 Å². The van der Waals surface area contributed by atoms with Gasteiger partial charge in [0.15, 0.2) is 17.5 Å². The van der Waals surface area contributed by atoms with E-state index in [1.165, 1.54) is 21.5 Å². The molecule has 0 atom stereocenters. The summed E-state index contributed by atoms with van der Waals surface area (Å²) in [6.07, 6.45) is 1.85. The molecule has 0 saturated heterocycles. The number of para-hydroxylation sites is 1. The quantitative estimate of drug-likeness (QED) is 0.176. The summed E-state index contributed by atoms with van der Waals surface area (Å²) in [7, 11) is 0. The fourth-order valence-electron chi connectivity index (χ4n) is 7.31. The van der Waals surface area contributed by atoms with Crippen molar-refractivity contribution >= 4 is 32.6 Å². The van der Waals surface area contributed by atoms with Crippen LogP contribution in [0.2, 0.25) is 0 Å². The van der Waals surface area contributed by atoms with E-state index in [0.717, 1.165) is 55.8 Å². The fourth-order valence-corrected chi connectivity index (χ4v) is 7.31. The van der Waals surface area contributed by atoms with Gasteiger partial charge >= 0.3 is 0 Å². The van der Waals surface area contributed by atoms with Gasteiger partial charge in [-0.15, -0.1) is 0 Å². The van der Waals surface area contributed by atoms with Gasteiger partial charge in [-0.3, -0.25) is 4.57 Å². The average molecular weight is 678 g/mol. The van der Waals surface area contributed by atoms with Crippen LogP contribution in [0.5, 0.6) is 0 Å². The first-order valence-corrected chi connectivity index (χ1v) is 17.7. The maximum Gasteiger partial charge on any atom is 0.164 e. The lowest BCUT2D eigenvalue weighted by molar-refractivity contribution is 1.05. The molecule has 0 bridgehead atoms. The van der Waals surface area contributed by atoms with Crippen molar-refractivity contribution in [1.82, 2.24) is 24.5 Å². The van der Waals surface area contributed by atoms with Crippen LogP contribution in [0.3, 0.4) is 0 Å². The minimum Gasteiger partial charge on any atom is -0.294 e. The van der Waals surface area contributed by atoms with E-state index in [1.807, 2.05) is 24.4 Å². The van der Waals surface area contributed by atoms with Gasteiger partial charge in [-0.1, -0.05) is 158 Å². The SMILES string of the molecule is c1ccc(-c2ccc(-c3nc(-c4ccc(-c5ccccc5)cc4)nc(-c4ccnc(-n5c6ccccc6c6c7ccccc7ccc65)c4)n3)cc2)cc1. The summed E-state index contributed by atoms with van der Waals surface area (Å²) in [6, 6.07) is 63.2. The van der Waals surface area contributed by atoms with Crippen molar-refractivity contribution in [1.29, 1.82) is 0 Å². The number of benzene rings is 7. The number of fused-ring (bicyclic) bond motifs is 5. The van der Waals surface area contributed by atoms with Gasteiger partial charge in [-0.05, 0) is 57.3 Å². The standard InChI is InChI=1S/C48H31N5/c1-3-11-32(12-4-1)34-19-23-37(24-20-34)46-50-47(38-25-21-35(22-26-38)33-13-5-2-6-14-33)52-48(51-46)39-29-30-49-44(31-39)53-42-18-10-9-17-41(42)45-40-16-8-7-15-36(40)27-28-43(45)53/h1-31H. The molecule has 0 aliphatic carbocycles. The molecule has 0 amide bonds. The van der Waals surface area contributed by atoms with Crippen LogP contribution in [0.4, 0.5) is 0 Å². The van der Waals surface area contributed by atoms with Crippen LogP contribution >= 0.6 is 0 Å². The second-order valence-electron chi connectivity index (χ2n) is 13.1. The molecule has 0 radical (unpaired) electrons. The molecule has 0 fully saturated rings. The molecular formula is C48H31N5. The number of pyridine rings is 1. The van der Waals surface area contributed by atoms with Crippen molar-refractivity contribution in [2.45, 2.75) is 0 Å². The summed E-state index contributed by atoms with van der Waals surface area (Å²) in [4.78, 5) is 20.2. The summed E-state index contributed by atoms with van der Waals surface area (Å²) in [5.74, 6) is 2.60. The fraction of sp³-hybridized carbons (Fsp3) is 0. The van der Waals surface area contributed by atoms with Gasteiger partial charge < -0.3 is 0 Å². The minimum absolute atomic E-state index is 0.583. The molecular weight excluding hydrogens is 647 g/mol. The molecule has 3 aromatic heterocycles. The van der Waals surface area contributed by atoms with Gasteiger partial charge in [0.05, 0.1) is 11.0 Å². The summed E-state index contributed by atoms with van der Waals surface area (Å²) < 4.78 is 2.24. The molecule has 10 aromatic rings. The Bertz CT molecular complexity index is 2810. The van der Waals surface area contributed by atoms with Crippen molar-refractivity contribution in [3.8, 4) is 62.2 Å². The van der Waals surface area contributed by atoms with Crippen molar-refractivity contribution in [3.05, 3.63) is 188 Å². The number of aromatic nitrogens is 5. The summed E-state index contributed by atoms with van der Waals surface area (Å²) in [5.41, 5.74) is 9.48. The average Bonchev–Trinajstić information content (AvgIpc) is 3.59. The lowest BCUT2D eigenvalue weighted by Gasteiger charge is -2.11. The van der Waals surface area contributed by atoms with Crippen LogP contribution in [-0.4, -0.2) is 24.5 Å². The van der Waals surface area contributed by atoms with Gasteiger partial charge in [0.1, 0.15) is 5.82 Å². The largest absolute Gasteiger partial charge is 0.294 e. The van der Waals surface area contributed by atoms with Crippen molar-refractivity contribution in [2.24, 2.45) is 0 Å². The number of hydrogen-bond acceptors (Lipinski definition) is 4. The molecule has 7 aromatic carbocycles. The molecule has 0 spiro atoms. The van der Waals surface area contributed by atoms with Crippen LogP contribution < -0.4 is 0 Å². The summed E-state index contributed by atoms with van der Waals surface area (Å²) in [5, 5.41) is 4.84. The summed E-state index contributed by atoms with van der Waals surface area (Å²) in [6.45, 7) is 0. The Kier molecular flexibility index (Phi) is 7.40. The molecule has 0 saturated carbocycles. The Morgan fingerprint density at radius 2 is 0.830 bits per heavy atom. The third-order valence-corrected chi connectivity index (χ3v) is 9.93. The molecule has 53 heavy (non-hydrogen) atoms. The van der Waals surface area contributed by atoms with E-state index < -0.39 is 0 Å². The van der Waals surface area contributed by atoms with Gasteiger partial charge in [0.2, 0.25) is 0 Å². The third-order valence-electron chi connectivity index (χ3n) is 9.93. The first kappa shape index (κ1) is 30.6. The zero-order valence-electron chi connectivity index (χ0n) is 28.6. The smallest absolute Gasteiger partial charge is 0.164 e. The highest BCUT2D eigenvalue weighted by Gasteiger charge is 2.18. The predicted octanol–water partition coefficient (Wildman–Crippen LogP) is 11.9. The number of nitrogens with zero attached hydrogens (tertiary/aromatic N) is 5. The monoisotopic (exact) mass is 677 g/mol.